The zero-order valence-electron chi connectivity index (χ0n) is 16.9. The molecule has 0 unspecified atom stereocenters. The Morgan fingerprint density at radius 1 is 1.18 bits per heavy atom. The summed E-state index contributed by atoms with van der Waals surface area (Å²) in [5, 5.41) is 20.7. The maximum absolute atomic E-state index is 13.9. The van der Waals surface area contributed by atoms with Crippen LogP contribution in [0.3, 0.4) is 0 Å². The van der Waals surface area contributed by atoms with Gasteiger partial charge in [-0.3, -0.25) is 14.4 Å². The molecule has 0 spiro atoms. The second kappa shape index (κ2) is 6.26. The van der Waals surface area contributed by atoms with E-state index in [-0.39, 0.29) is 35.2 Å². The molecule has 0 amide bonds. The van der Waals surface area contributed by atoms with Gasteiger partial charge in [0.2, 0.25) is 0 Å². The van der Waals surface area contributed by atoms with Gasteiger partial charge in [0.05, 0.1) is 4.75 Å². The van der Waals surface area contributed by atoms with Gasteiger partial charge >= 0.3 is 0 Å². The number of rotatable bonds is 3. The first-order chi connectivity index (χ1) is 13.1. The Morgan fingerprint density at radius 3 is 2.54 bits per heavy atom. The molecule has 0 aliphatic heterocycles. The minimum Gasteiger partial charge on any atom is -0.388 e. The van der Waals surface area contributed by atoms with Gasteiger partial charge in [-0.15, -0.1) is 11.8 Å². The van der Waals surface area contributed by atoms with Gasteiger partial charge in [-0.1, -0.05) is 19.4 Å². The number of allylic oxidation sites excluding steroid dienone is 1. The predicted molar refractivity (Wildman–Crippen MR) is 107 cm³/mol. The van der Waals surface area contributed by atoms with Crippen molar-refractivity contribution in [1.82, 2.24) is 0 Å². The number of thioether (sulfide) groups is 1. The lowest BCUT2D eigenvalue weighted by Gasteiger charge is -2.63. The molecule has 0 aromatic carbocycles. The highest BCUT2D eigenvalue weighted by Crippen LogP contribution is 2.71. The minimum absolute atomic E-state index is 0.0501. The van der Waals surface area contributed by atoms with Gasteiger partial charge in [0, 0.05) is 23.7 Å². The van der Waals surface area contributed by atoms with Crippen LogP contribution in [0.5, 0.6) is 0 Å². The van der Waals surface area contributed by atoms with Crippen molar-refractivity contribution in [1.29, 1.82) is 0 Å². The molecule has 6 atom stereocenters. The summed E-state index contributed by atoms with van der Waals surface area (Å²) in [7, 11) is 0. The fourth-order valence-electron chi connectivity index (χ4n) is 7.40. The number of aliphatic hydroxyl groups excluding tert-OH is 1. The summed E-state index contributed by atoms with van der Waals surface area (Å²) in [6.45, 7) is 3.32. The largest absolute Gasteiger partial charge is 0.388 e. The molecule has 5 nitrogen and oxygen atoms in total. The smallest absolute Gasteiger partial charge is 0.190 e. The molecule has 0 saturated heterocycles. The first-order valence-electron chi connectivity index (χ1n) is 10.3. The second-order valence-corrected chi connectivity index (χ2v) is 10.7. The molecular weight excluding hydrogens is 376 g/mol. The molecule has 0 radical (unpaired) electrons. The maximum Gasteiger partial charge on any atom is 0.190 e. The summed E-state index contributed by atoms with van der Waals surface area (Å²) in [6.07, 6.45) is 7.66. The van der Waals surface area contributed by atoms with Crippen LogP contribution in [-0.4, -0.2) is 50.8 Å². The van der Waals surface area contributed by atoms with Crippen molar-refractivity contribution < 1.29 is 24.6 Å². The number of carbonyl (C=O) groups excluding carboxylic acids is 3. The van der Waals surface area contributed by atoms with E-state index >= 15 is 0 Å². The van der Waals surface area contributed by atoms with E-state index in [0.717, 1.165) is 18.4 Å². The van der Waals surface area contributed by atoms with Crippen LogP contribution in [-0.2, 0) is 14.4 Å². The van der Waals surface area contributed by atoms with Crippen LogP contribution in [0.15, 0.2) is 11.6 Å². The van der Waals surface area contributed by atoms with Crippen molar-refractivity contribution in [2.45, 2.75) is 69.1 Å². The quantitative estimate of drug-likeness (QED) is 0.748. The summed E-state index contributed by atoms with van der Waals surface area (Å²) in [5.41, 5.74) is -1.73. The summed E-state index contributed by atoms with van der Waals surface area (Å²) >= 11 is 1.62. The van der Waals surface area contributed by atoms with Crippen molar-refractivity contribution in [2.75, 3.05) is 12.9 Å². The average molecular weight is 407 g/mol. The van der Waals surface area contributed by atoms with Gasteiger partial charge in [-0.05, 0) is 56.3 Å². The Bertz CT molecular complexity index is 790. The molecule has 3 saturated carbocycles. The number of aliphatic hydroxyl groups is 2. The molecule has 4 rings (SSSR count). The molecule has 3 fully saturated rings. The van der Waals surface area contributed by atoms with Gasteiger partial charge in [0.1, 0.15) is 12.2 Å². The summed E-state index contributed by atoms with van der Waals surface area (Å²) in [4.78, 5) is 38.4. The van der Waals surface area contributed by atoms with Crippen LogP contribution in [0.1, 0.15) is 58.8 Å². The number of carbonyl (C=O) groups is 3. The topological polar surface area (TPSA) is 91.7 Å². The van der Waals surface area contributed by atoms with Crippen LogP contribution in [0.2, 0.25) is 0 Å². The van der Waals surface area contributed by atoms with E-state index in [1.54, 1.807) is 17.8 Å². The highest BCUT2D eigenvalue weighted by molar-refractivity contribution is 8.00. The Kier molecular flexibility index (Phi) is 4.54. The lowest BCUT2D eigenvalue weighted by molar-refractivity contribution is -0.167. The van der Waals surface area contributed by atoms with E-state index < -0.39 is 28.2 Å². The second-order valence-electron chi connectivity index (χ2n) is 9.66. The van der Waals surface area contributed by atoms with Crippen LogP contribution in [0, 0.1) is 22.7 Å². The van der Waals surface area contributed by atoms with E-state index in [1.165, 1.54) is 0 Å². The zero-order chi connectivity index (χ0) is 20.5. The predicted octanol–water partition coefficient (Wildman–Crippen LogP) is 2.48. The monoisotopic (exact) mass is 406 g/mol. The Hall–Kier alpha value is -0.980. The minimum atomic E-state index is -1.63. The number of Topliss-reactive ketones (excluding diaryl/α,β-unsaturated/α-hetero) is 2. The highest BCUT2D eigenvalue weighted by atomic mass is 32.2. The number of hydrogen-bond acceptors (Lipinski definition) is 6. The summed E-state index contributed by atoms with van der Waals surface area (Å²) < 4.78 is -0.616. The highest BCUT2D eigenvalue weighted by Gasteiger charge is 2.73. The Morgan fingerprint density at radius 2 is 1.89 bits per heavy atom. The van der Waals surface area contributed by atoms with Gasteiger partial charge in [-0.25, -0.2) is 0 Å². The van der Waals surface area contributed by atoms with E-state index in [0.29, 0.717) is 25.7 Å². The van der Waals surface area contributed by atoms with E-state index in [4.69, 9.17) is 0 Å². The van der Waals surface area contributed by atoms with Crippen molar-refractivity contribution >= 4 is 29.1 Å². The third kappa shape index (κ3) is 2.15. The molecule has 28 heavy (non-hydrogen) atoms. The number of fused-ring (bicyclic) bond motifs is 5. The fourth-order valence-corrected chi connectivity index (χ4v) is 8.96. The van der Waals surface area contributed by atoms with E-state index in [1.807, 2.05) is 13.2 Å². The fraction of sp³-hybridized carbons (Fsp3) is 0.773. The first-order valence-corrected chi connectivity index (χ1v) is 11.5. The Labute approximate surface area is 170 Å². The molecule has 4 aliphatic rings. The average Bonchev–Trinajstić information content (AvgIpc) is 2.93. The molecule has 2 N–H and O–H groups in total. The third-order valence-electron chi connectivity index (χ3n) is 8.92. The molecule has 4 aliphatic carbocycles. The van der Waals surface area contributed by atoms with Gasteiger partial charge < -0.3 is 10.2 Å². The number of hydrogen-bond donors (Lipinski definition) is 2. The molecule has 154 valence electrons. The molecule has 0 aromatic rings. The van der Waals surface area contributed by atoms with Crippen LogP contribution < -0.4 is 0 Å². The number of ketones is 3. The molecule has 6 heteroatoms. The van der Waals surface area contributed by atoms with Crippen molar-refractivity contribution in [2.24, 2.45) is 22.7 Å². The van der Waals surface area contributed by atoms with E-state index in [9.17, 15) is 24.6 Å². The standard InChI is InChI=1S/C22H30O5S/c1-19-8-6-14(24)10-13(19)4-5-16-15-7-9-21(27,18(26)12-23)20(15,2)11-17(25)22(16,19)28-3/h10,15-16,23,27H,4-9,11-12H2,1-3H3/t15-,16-,19+,20+,21+,22-/m0/s1. The van der Waals surface area contributed by atoms with Gasteiger partial charge in [-0.2, -0.15) is 0 Å². The lowest BCUT2D eigenvalue weighted by Crippen LogP contribution is -2.68. The van der Waals surface area contributed by atoms with Gasteiger partial charge in [0.25, 0.3) is 0 Å². The van der Waals surface area contributed by atoms with E-state index in [2.05, 4.69) is 6.92 Å². The molecular formula is C22H30O5S. The van der Waals surface area contributed by atoms with Crippen LogP contribution in [0.4, 0.5) is 0 Å². The van der Waals surface area contributed by atoms with Crippen molar-refractivity contribution in [3.63, 3.8) is 0 Å². The van der Waals surface area contributed by atoms with Crippen LogP contribution >= 0.6 is 11.8 Å². The lowest BCUT2D eigenvalue weighted by atomic mass is 9.45. The molecule has 0 bridgehead atoms. The molecule has 0 aromatic heterocycles. The zero-order valence-corrected chi connectivity index (χ0v) is 17.7. The van der Waals surface area contributed by atoms with Crippen molar-refractivity contribution in [3.05, 3.63) is 11.6 Å². The SMILES string of the molecule is CS[C@]12C(=O)C[C@]3(C)[C@@H](CC[C@@]3(O)C(=O)CO)[C@@H]1CCC1=CC(=O)CC[C@]12C. The Balaban J connectivity index is 1.84. The molecule has 0 heterocycles. The van der Waals surface area contributed by atoms with Crippen molar-refractivity contribution in [3.8, 4) is 0 Å². The summed E-state index contributed by atoms with van der Waals surface area (Å²) in [5.74, 6) is -0.206. The third-order valence-corrected chi connectivity index (χ3v) is 10.5. The first kappa shape index (κ1) is 20.3. The van der Waals surface area contributed by atoms with Gasteiger partial charge in [0.15, 0.2) is 17.3 Å². The normalized spacial score (nSPS) is 47.8. The maximum atomic E-state index is 13.9. The summed E-state index contributed by atoms with van der Waals surface area (Å²) in [6, 6.07) is 0. The van der Waals surface area contributed by atoms with Crippen LogP contribution in [0.25, 0.3) is 0 Å².